The Balaban J connectivity index is 1.55. The molecule has 1 N–H and O–H groups in total. The summed E-state index contributed by atoms with van der Waals surface area (Å²) in [5, 5.41) is 14.3. The lowest BCUT2D eigenvalue weighted by molar-refractivity contribution is -0.116. The van der Waals surface area contributed by atoms with Crippen LogP contribution in [0.2, 0.25) is 0 Å². The van der Waals surface area contributed by atoms with Crippen LogP contribution in [0, 0.1) is 11.3 Å². The van der Waals surface area contributed by atoms with Gasteiger partial charge < -0.3 is 9.88 Å². The second kappa shape index (κ2) is 6.34. The molecular weight excluding hydrogens is 296 g/mol. The van der Waals surface area contributed by atoms with Crippen molar-refractivity contribution in [3.05, 3.63) is 41.0 Å². The number of anilines is 1. The van der Waals surface area contributed by atoms with E-state index in [0.717, 1.165) is 19.6 Å². The molecule has 0 spiro atoms. The number of rotatable bonds is 4. The Hall–Kier alpha value is -2.10. The Labute approximate surface area is 133 Å². The minimum Gasteiger partial charge on any atom is -0.349 e. The van der Waals surface area contributed by atoms with Crippen molar-refractivity contribution in [2.45, 2.75) is 25.9 Å². The van der Waals surface area contributed by atoms with E-state index < -0.39 is 0 Å². The summed E-state index contributed by atoms with van der Waals surface area (Å²) in [7, 11) is 0. The Kier molecular flexibility index (Phi) is 4.27. The first-order valence-electron chi connectivity index (χ1n) is 7.35. The third kappa shape index (κ3) is 2.91. The number of amides is 1. The maximum atomic E-state index is 12.1. The van der Waals surface area contributed by atoms with Crippen LogP contribution in [0.4, 0.5) is 5.00 Å². The van der Waals surface area contributed by atoms with Crippen LogP contribution in [0.15, 0.2) is 29.8 Å². The van der Waals surface area contributed by atoms with E-state index in [1.165, 1.54) is 17.0 Å². The number of hydrogen-bond donors (Lipinski definition) is 1. The molecule has 0 radical (unpaired) electrons. The summed E-state index contributed by atoms with van der Waals surface area (Å²) in [6, 6.07) is 8.35. The molecule has 3 heterocycles. The summed E-state index contributed by atoms with van der Waals surface area (Å²) < 4.78 is 2.27. The first-order valence-corrected chi connectivity index (χ1v) is 8.23. The molecule has 0 aliphatic carbocycles. The number of aromatic nitrogens is 1. The molecule has 1 amide bonds. The zero-order valence-electron chi connectivity index (χ0n) is 12.5. The fourth-order valence-corrected chi connectivity index (χ4v) is 3.61. The molecule has 0 saturated heterocycles. The Morgan fingerprint density at radius 3 is 3.18 bits per heavy atom. The van der Waals surface area contributed by atoms with Crippen molar-refractivity contribution < 1.29 is 4.79 Å². The molecule has 5 nitrogen and oxygen atoms in total. The normalized spacial score (nSPS) is 17.7. The lowest BCUT2D eigenvalue weighted by atomic mass is 10.1. The molecule has 3 rings (SSSR count). The van der Waals surface area contributed by atoms with Crippen LogP contribution in [0.3, 0.4) is 0 Å². The Morgan fingerprint density at radius 2 is 2.36 bits per heavy atom. The van der Waals surface area contributed by atoms with E-state index in [1.807, 2.05) is 5.38 Å². The van der Waals surface area contributed by atoms with E-state index in [1.54, 1.807) is 6.07 Å². The molecule has 0 unspecified atom stereocenters. The first kappa shape index (κ1) is 14.8. The standard InChI is InChI=1S/C16H18N4OS/c1-12-14-3-2-6-20(14)9-8-19(12)7-4-15(21)18-16-13(11-17)5-10-22-16/h2-3,5-6,10,12H,4,7-9H2,1H3,(H,18,21)/t12-/m0/s1. The van der Waals surface area contributed by atoms with Gasteiger partial charge in [0.25, 0.3) is 0 Å². The molecule has 0 aromatic carbocycles. The smallest absolute Gasteiger partial charge is 0.226 e. The van der Waals surface area contributed by atoms with Crippen LogP contribution < -0.4 is 5.32 Å². The van der Waals surface area contributed by atoms with Gasteiger partial charge >= 0.3 is 0 Å². The number of carbonyl (C=O) groups excluding carboxylic acids is 1. The number of hydrogen-bond acceptors (Lipinski definition) is 4. The van der Waals surface area contributed by atoms with E-state index in [-0.39, 0.29) is 5.91 Å². The van der Waals surface area contributed by atoms with Gasteiger partial charge in [0.1, 0.15) is 11.1 Å². The van der Waals surface area contributed by atoms with Crippen molar-refractivity contribution in [1.82, 2.24) is 9.47 Å². The summed E-state index contributed by atoms with van der Waals surface area (Å²) in [6.07, 6.45) is 2.55. The van der Waals surface area contributed by atoms with Gasteiger partial charge in [0.15, 0.2) is 0 Å². The van der Waals surface area contributed by atoms with E-state index in [9.17, 15) is 4.79 Å². The lowest BCUT2D eigenvalue weighted by Crippen LogP contribution is -2.38. The number of thiophene rings is 1. The molecule has 0 fully saturated rings. The molecule has 0 saturated carbocycles. The summed E-state index contributed by atoms with van der Waals surface area (Å²) in [5.74, 6) is -0.0351. The molecule has 6 heteroatoms. The number of nitrogens with zero attached hydrogens (tertiary/aromatic N) is 3. The van der Waals surface area contributed by atoms with Gasteiger partial charge in [-0.25, -0.2) is 0 Å². The van der Waals surface area contributed by atoms with Crippen molar-refractivity contribution in [3.63, 3.8) is 0 Å². The largest absolute Gasteiger partial charge is 0.349 e. The second-order valence-corrected chi connectivity index (χ2v) is 6.33. The van der Waals surface area contributed by atoms with Gasteiger partial charge in [0.2, 0.25) is 5.91 Å². The van der Waals surface area contributed by atoms with Crippen LogP contribution >= 0.6 is 11.3 Å². The van der Waals surface area contributed by atoms with Gasteiger partial charge in [-0.05, 0) is 30.5 Å². The summed E-state index contributed by atoms with van der Waals surface area (Å²) in [6.45, 7) is 4.83. The van der Waals surface area contributed by atoms with Crippen molar-refractivity contribution in [3.8, 4) is 6.07 Å². The summed E-state index contributed by atoms with van der Waals surface area (Å²) in [4.78, 5) is 14.4. The van der Waals surface area contributed by atoms with Crippen LogP contribution in [0.5, 0.6) is 0 Å². The van der Waals surface area contributed by atoms with Gasteiger partial charge in [-0.2, -0.15) is 5.26 Å². The number of nitrogens with one attached hydrogen (secondary N) is 1. The zero-order valence-corrected chi connectivity index (χ0v) is 13.3. The topological polar surface area (TPSA) is 61.1 Å². The molecule has 1 aliphatic rings. The number of nitriles is 1. The predicted octanol–water partition coefficient (Wildman–Crippen LogP) is 2.83. The maximum absolute atomic E-state index is 12.1. The van der Waals surface area contributed by atoms with Crippen LogP contribution in [-0.4, -0.2) is 28.5 Å². The fraction of sp³-hybridized carbons (Fsp3) is 0.375. The van der Waals surface area contributed by atoms with E-state index in [0.29, 0.717) is 23.0 Å². The molecule has 2 aromatic heterocycles. The molecule has 2 aromatic rings. The van der Waals surface area contributed by atoms with Crippen molar-refractivity contribution in [1.29, 1.82) is 5.26 Å². The molecule has 1 atom stereocenters. The average molecular weight is 314 g/mol. The van der Waals surface area contributed by atoms with E-state index >= 15 is 0 Å². The molecule has 22 heavy (non-hydrogen) atoms. The van der Waals surface area contributed by atoms with E-state index in [2.05, 4.69) is 46.1 Å². The highest BCUT2D eigenvalue weighted by Crippen LogP contribution is 2.26. The minimum absolute atomic E-state index is 0.0351. The Bertz CT molecular complexity index is 712. The summed E-state index contributed by atoms with van der Waals surface area (Å²) >= 11 is 1.38. The van der Waals surface area contributed by atoms with Gasteiger partial charge in [-0.15, -0.1) is 11.3 Å². The highest BCUT2D eigenvalue weighted by Gasteiger charge is 2.23. The SMILES string of the molecule is C[C@H]1c2cccn2CCN1CCC(=O)Nc1sccc1C#N. The zero-order chi connectivity index (χ0) is 15.5. The maximum Gasteiger partial charge on any atom is 0.226 e. The minimum atomic E-state index is -0.0351. The van der Waals surface area contributed by atoms with Gasteiger partial charge in [0.05, 0.1) is 5.56 Å². The highest BCUT2D eigenvalue weighted by molar-refractivity contribution is 7.14. The predicted molar refractivity (Wildman–Crippen MR) is 86.7 cm³/mol. The average Bonchev–Trinajstić information content (AvgIpc) is 3.15. The van der Waals surface area contributed by atoms with Gasteiger partial charge in [-0.1, -0.05) is 0 Å². The highest BCUT2D eigenvalue weighted by atomic mass is 32.1. The van der Waals surface area contributed by atoms with Gasteiger partial charge in [-0.3, -0.25) is 9.69 Å². The van der Waals surface area contributed by atoms with E-state index in [4.69, 9.17) is 5.26 Å². The second-order valence-electron chi connectivity index (χ2n) is 5.41. The monoisotopic (exact) mass is 314 g/mol. The van der Waals surface area contributed by atoms with Gasteiger partial charge in [0, 0.05) is 44.0 Å². The van der Waals surface area contributed by atoms with Crippen molar-refractivity contribution in [2.24, 2.45) is 0 Å². The molecule has 1 aliphatic heterocycles. The van der Waals surface area contributed by atoms with Crippen LogP contribution in [0.1, 0.15) is 30.6 Å². The van der Waals surface area contributed by atoms with Crippen molar-refractivity contribution >= 4 is 22.2 Å². The third-order valence-electron chi connectivity index (χ3n) is 4.13. The van der Waals surface area contributed by atoms with Crippen LogP contribution in [-0.2, 0) is 11.3 Å². The number of fused-ring (bicyclic) bond motifs is 1. The summed E-state index contributed by atoms with van der Waals surface area (Å²) in [5.41, 5.74) is 1.83. The Morgan fingerprint density at radius 1 is 1.50 bits per heavy atom. The fourth-order valence-electron chi connectivity index (χ4n) is 2.86. The molecular formula is C16H18N4OS. The van der Waals surface area contributed by atoms with Crippen molar-refractivity contribution in [2.75, 3.05) is 18.4 Å². The lowest BCUT2D eigenvalue weighted by Gasteiger charge is -2.34. The number of carbonyl (C=O) groups is 1. The molecule has 114 valence electrons. The quantitative estimate of drug-likeness (QED) is 0.944. The first-order chi connectivity index (χ1) is 10.7. The molecule has 0 bridgehead atoms. The third-order valence-corrected chi connectivity index (χ3v) is 4.96. The van der Waals surface area contributed by atoms with Crippen LogP contribution in [0.25, 0.3) is 0 Å².